The molecule has 7 heteroatoms. The van der Waals surface area contributed by atoms with E-state index in [0.717, 1.165) is 13.1 Å². The van der Waals surface area contributed by atoms with Crippen LogP contribution in [0.15, 0.2) is 42.5 Å². The Bertz CT molecular complexity index is 731. The minimum Gasteiger partial charge on any atom is -0.399 e. The Hall–Kier alpha value is -1.62. The van der Waals surface area contributed by atoms with Gasteiger partial charge in [0.25, 0.3) is 5.91 Å². The van der Waals surface area contributed by atoms with Gasteiger partial charge in [-0.3, -0.25) is 4.79 Å². The van der Waals surface area contributed by atoms with Crippen molar-refractivity contribution in [1.29, 1.82) is 0 Å². The Labute approximate surface area is 165 Å². The van der Waals surface area contributed by atoms with Gasteiger partial charge in [-0.2, -0.15) is 0 Å². The van der Waals surface area contributed by atoms with Gasteiger partial charge in [-0.05, 0) is 42.8 Å². The van der Waals surface area contributed by atoms with Crippen molar-refractivity contribution in [3.05, 3.63) is 58.6 Å². The molecule has 0 unspecified atom stereocenters. The summed E-state index contributed by atoms with van der Waals surface area (Å²) in [6.45, 7) is 5.11. The van der Waals surface area contributed by atoms with E-state index in [-0.39, 0.29) is 30.7 Å². The quantitative estimate of drug-likeness (QED) is 0.771. The van der Waals surface area contributed by atoms with Gasteiger partial charge in [0.2, 0.25) is 0 Å². The van der Waals surface area contributed by atoms with Gasteiger partial charge in [0.1, 0.15) is 0 Å². The van der Waals surface area contributed by atoms with Crippen LogP contribution >= 0.6 is 36.4 Å². The van der Waals surface area contributed by atoms with Crippen molar-refractivity contribution in [2.75, 3.05) is 36.8 Å². The molecule has 136 valence electrons. The number of piperazine rings is 1. The maximum absolute atomic E-state index is 12.6. The average molecular weight is 403 g/mol. The lowest BCUT2D eigenvalue weighted by molar-refractivity contribution is 0.0747. The molecule has 0 saturated carbocycles. The van der Waals surface area contributed by atoms with Crippen LogP contribution in [0.4, 0.5) is 11.4 Å². The monoisotopic (exact) mass is 401 g/mol. The third-order valence-electron chi connectivity index (χ3n) is 4.16. The van der Waals surface area contributed by atoms with Crippen molar-refractivity contribution in [2.24, 2.45) is 0 Å². The van der Waals surface area contributed by atoms with E-state index >= 15 is 0 Å². The first-order valence-electron chi connectivity index (χ1n) is 7.70. The molecule has 0 spiro atoms. The van der Waals surface area contributed by atoms with Crippen LogP contribution in [0.5, 0.6) is 0 Å². The van der Waals surface area contributed by atoms with E-state index in [2.05, 4.69) is 36.1 Å². The van der Waals surface area contributed by atoms with Crippen LogP contribution in [0.1, 0.15) is 15.9 Å². The summed E-state index contributed by atoms with van der Waals surface area (Å²) in [6.07, 6.45) is 0. The third kappa shape index (κ3) is 4.94. The summed E-state index contributed by atoms with van der Waals surface area (Å²) < 4.78 is 0. The van der Waals surface area contributed by atoms with Crippen molar-refractivity contribution in [1.82, 2.24) is 4.90 Å². The van der Waals surface area contributed by atoms with E-state index in [1.165, 1.54) is 11.3 Å². The van der Waals surface area contributed by atoms with Crippen LogP contribution in [-0.2, 0) is 0 Å². The number of nitrogens with zero attached hydrogens (tertiary/aromatic N) is 2. The lowest BCUT2D eigenvalue weighted by Gasteiger charge is -2.36. The number of halogens is 3. The number of hydrogen-bond donors (Lipinski definition) is 1. The minimum absolute atomic E-state index is 0. The number of hydrogen-bond acceptors (Lipinski definition) is 3. The molecule has 3 rings (SSSR count). The van der Waals surface area contributed by atoms with Crippen LogP contribution < -0.4 is 10.6 Å². The molecular weight excluding hydrogens is 381 g/mol. The topological polar surface area (TPSA) is 49.6 Å². The number of amides is 1. The smallest absolute Gasteiger partial charge is 0.255 e. The fourth-order valence-electron chi connectivity index (χ4n) is 2.87. The standard InChI is InChI=1S/C18H20ClN3O.2ClH/c1-13-3-2-4-15(11-13)21-7-9-22(10-8-21)18(23)16-6-5-14(20)12-17(16)19;;/h2-6,11-12H,7-10,20H2,1H3;2*1H. The SMILES string of the molecule is Cc1cccc(N2CCN(C(=O)c3ccc(N)cc3Cl)CC2)c1.Cl.Cl. The summed E-state index contributed by atoms with van der Waals surface area (Å²) in [4.78, 5) is 16.8. The number of carbonyl (C=O) groups is 1. The molecule has 1 amide bonds. The molecule has 4 nitrogen and oxygen atoms in total. The van der Waals surface area contributed by atoms with Crippen LogP contribution in [0.25, 0.3) is 0 Å². The van der Waals surface area contributed by atoms with E-state index in [4.69, 9.17) is 17.3 Å². The number of nitrogens with two attached hydrogens (primary N) is 1. The van der Waals surface area contributed by atoms with Gasteiger partial charge in [0.15, 0.2) is 0 Å². The van der Waals surface area contributed by atoms with Gasteiger partial charge in [0.05, 0.1) is 10.6 Å². The highest BCUT2D eigenvalue weighted by Crippen LogP contribution is 2.23. The first-order chi connectivity index (χ1) is 11.0. The molecule has 2 aromatic rings. The molecule has 0 bridgehead atoms. The maximum atomic E-state index is 12.6. The molecule has 1 aliphatic heterocycles. The highest BCUT2D eigenvalue weighted by Gasteiger charge is 2.23. The largest absolute Gasteiger partial charge is 0.399 e. The Kier molecular flexibility index (Phi) is 7.87. The predicted octanol–water partition coefficient (Wildman–Crippen LogP) is 4.04. The molecule has 0 radical (unpaired) electrons. The maximum Gasteiger partial charge on any atom is 0.255 e. The fourth-order valence-corrected chi connectivity index (χ4v) is 3.14. The molecule has 25 heavy (non-hydrogen) atoms. The second kappa shape index (κ2) is 9.18. The molecule has 0 aliphatic carbocycles. The molecule has 1 heterocycles. The Morgan fingerprint density at radius 2 is 1.72 bits per heavy atom. The van der Waals surface area contributed by atoms with Crippen molar-refractivity contribution in [2.45, 2.75) is 6.92 Å². The summed E-state index contributed by atoms with van der Waals surface area (Å²) in [5.74, 6) is -0.0288. The Balaban J connectivity index is 0.00000156. The number of carbonyl (C=O) groups excluding carboxylic acids is 1. The predicted molar refractivity (Wildman–Crippen MR) is 110 cm³/mol. The first-order valence-corrected chi connectivity index (χ1v) is 8.08. The Morgan fingerprint density at radius 1 is 1.04 bits per heavy atom. The zero-order valence-electron chi connectivity index (χ0n) is 13.9. The van der Waals surface area contributed by atoms with E-state index in [0.29, 0.717) is 29.4 Å². The van der Waals surface area contributed by atoms with Crippen molar-refractivity contribution in [3.8, 4) is 0 Å². The second-order valence-electron chi connectivity index (χ2n) is 5.86. The second-order valence-corrected chi connectivity index (χ2v) is 6.26. The number of aryl methyl sites for hydroxylation is 1. The number of nitrogen functional groups attached to an aromatic ring is 1. The summed E-state index contributed by atoms with van der Waals surface area (Å²) in [6, 6.07) is 13.5. The van der Waals surface area contributed by atoms with E-state index in [1.807, 2.05) is 4.90 Å². The molecular formula is C18H22Cl3N3O. The van der Waals surface area contributed by atoms with E-state index < -0.39 is 0 Å². The summed E-state index contributed by atoms with van der Waals surface area (Å²) in [7, 11) is 0. The lowest BCUT2D eigenvalue weighted by atomic mass is 10.1. The first kappa shape index (κ1) is 21.4. The van der Waals surface area contributed by atoms with E-state index in [9.17, 15) is 4.79 Å². The minimum atomic E-state index is -0.0288. The van der Waals surface area contributed by atoms with Gasteiger partial charge in [-0.15, -0.1) is 24.8 Å². The number of anilines is 2. The summed E-state index contributed by atoms with van der Waals surface area (Å²) in [5, 5.41) is 0.413. The van der Waals surface area contributed by atoms with Gasteiger partial charge in [-0.1, -0.05) is 23.7 Å². The molecule has 0 aromatic heterocycles. The molecule has 2 aromatic carbocycles. The molecule has 1 saturated heterocycles. The number of benzene rings is 2. The summed E-state index contributed by atoms with van der Waals surface area (Å²) >= 11 is 6.15. The highest BCUT2D eigenvalue weighted by molar-refractivity contribution is 6.34. The van der Waals surface area contributed by atoms with Crippen LogP contribution in [0.2, 0.25) is 5.02 Å². The van der Waals surface area contributed by atoms with Gasteiger partial charge in [-0.25, -0.2) is 0 Å². The number of rotatable bonds is 2. The molecule has 0 atom stereocenters. The van der Waals surface area contributed by atoms with Crippen LogP contribution in [0, 0.1) is 6.92 Å². The molecule has 2 N–H and O–H groups in total. The normalized spacial score (nSPS) is 13.7. The van der Waals surface area contributed by atoms with Gasteiger partial charge < -0.3 is 15.5 Å². The third-order valence-corrected chi connectivity index (χ3v) is 4.47. The lowest BCUT2D eigenvalue weighted by Crippen LogP contribution is -2.48. The van der Waals surface area contributed by atoms with Crippen LogP contribution in [-0.4, -0.2) is 37.0 Å². The summed E-state index contributed by atoms with van der Waals surface area (Å²) in [5.41, 5.74) is 9.22. The molecule has 1 fully saturated rings. The van der Waals surface area contributed by atoms with Crippen molar-refractivity contribution >= 4 is 53.7 Å². The Morgan fingerprint density at radius 3 is 2.32 bits per heavy atom. The van der Waals surface area contributed by atoms with Gasteiger partial charge in [0, 0.05) is 37.6 Å². The van der Waals surface area contributed by atoms with Crippen LogP contribution in [0.3, 0.4) is 0 Å². The zero-order chi connectivity index (χ0) is 16.4. The van der Waals surface area contributed by atoms with Crippen molar-refractivity contribution < 1.29 is 4.79 Å². The molecule has 1 aliphatic rings. The zero-order valence-corrected chi connectivity index (χ0v) is 16.3. The fraction of sp³-hybridized carbons (Fsp3) is 0.278. The van der Waals surface area contributed by atoms with Crippen molar-refractivity contribution in [3.63, 3.8) is 0 Å². The van der Waals surface area contributed by atoms with E-state index in [1.54, 1.807) is 18.2 Å². The average Bonchev–Trinajstić information content (AvgIpc) is 2.54. The highest BCUT2D eigenvalue weighted by atomic mass is 35.5. The van der Waals surface area contributed by atoms with Gasteiger partial charge >= 0.3 is 0 Å².